The maximum Gasteiger partial charge on any atom is 0.240 e. The highest BCUT2D eigenvalue weighted by Gasteiger charge is 2.30. The van der Waals surface area contributed by atoms with Crippen molar-refractivity contribution in [2.24, 2.45) is 5.84 Å². The predicted octanol–water partition coefficient (Wildman–Crippen LogP) is -0.268. The zero-order chi connectivity index (χ0) is 11.4. The molecule has 6 heteroatoms. The second-order valence-electron chi connectivity index (χ2n) is 3.52. The first-order valence-corrected chi connectivity index (χ1v) is 4.71. The third kappa shape index (κ3) is 2.85. The highest BCUT2D eigenvalue weighted by atomic mass is 16.6. The van der Waals surface area contributed by atoms with Gasteiger partial charge in [0.25, 0.3) is 0 Å². The summed E-state index contributed by atoms with van der Waals surface area (Å²) in [5.41, 5.74) is 3.78. The van der Waals surface area contributed by atoms with Crippen molar-refractivity contribution in [3.8, 4) is 0 Å². The molecule has 0 aromatic carbocycles. The van der Waals surface area contributed by atoms with E-state index in [0.717, 1.165) is 5.57 Å². The minimum Gasteiger partial charge on any atom is -0.389 e. The summed E-state index contributed by atoms with van der Waals surface area (Å²) in [7, 11) is 0. The zero-order valence-electron chi connectivity index (χ0n) is 8.51. The Labute approximate surface area is 87.6 Å². The summed E-state index contributed by atoms with van der Waals surface area (Å²) in [5, 5.41) is 20.1. The molecule has 0 fully saturated rings. The molecule has 0 spiro atoms. The van der Waals surface area contributed by atoms with Gasteiger partial charge in [-0.3, -0.25) is 21.4 Å². The molecule has 0 radical (unpaired) electrons. The molecule has 1 aliphatic rings. The van der Waals surface area contributed by atoms with Crippen LogP contribution in [0.3, 0.4) is 0 Å². The van der Waals surface area contributed by atoms with Gasteiger partial charge in [-0.15, -0.1) is 0 Å². The van der Waals surface area contributed by atoms with Crippen LogP contribution in [0, 0.1) is 10.1 Å². The molecule has 0 aromatic rings. The summed E-state index contributed by atoms with van der Waals surface area (Å²) in [6.45, 7) is 1.97. The second-order valence-corrected chi connectivity index (χ2v) is 3.52. The molecule has 4 N–H and O–H groups in total. The smallest absolute Gasteiger partial charge is 0.240 e. The van der Waals surface area contributed by atoms with Crippen molar-refractivity contribution in [3.05, 3.63) is 33.4 Å². The van der Waals surface area contributed by atoms with Crippen LogP contribution in [0.25, 0.3) is 0 Å². The summed E-state index contributed by atoms with van der Waals surface area (Å²) in [4.78, 5) is 10.3. The number of nitrogens with two attached hydrogens (primary N) is 1. The monoisotopic (exact) mass is 213 g/mol. The van der Waals surface area contributed by atoms with Gasteiger partial charge in [-0.1, -0.05) is 6.08 Å². The second kappa shape index (κ2) is 5.01. The zero-order valence-corrected chi connectivity index (χ0v) is 8.51. The number of hydrazine groups is 1. The lowest BCUT2D eigenvalue weighted by molar-refractivity contribution is -0.512. The Morgan fingerprint density at radius 2 is 2.53 bits per heavy atom. The highest BCUT2D eigenvalue weighted by Crippen LogP contribution is 2.22. The molecule has 0 saturated heterocycles. The largest absolute Gasteiger partial charge is 0.389 e. The molecule has 0 heterocycles. The van der Waals surface area contributed by atoms with Crippen molar-refractivity contribution in [2.45, 2.75) is 25.5 Å². The number of nitrogens with zero attached hydrogens (tertiary/aromatic N) is 1. The fraction of sp³-hybridized carbons (Fsp3) is 0.556. The minimum atomic E-state index is -0.813. The Balaban J connectivity index is 2.87. The number of aliphatic hydroxyl groups excluding tert-OH is 1. The molecule has 2 unspecified atom stereocenters. The quantitative estimate of drug-likeness (QED) is 0.339. The van der Waals surface area contributed by atoms with Crippen LogP contribution >= 0.6 is 0 Å². The Morgan fingerprint density at radius 3 is 3.00 bits per heavy atom. The first-order chi connectivity index (χ1) is 7.06. The third-order valence-corrected chi connectivity index (χ3v) is 2.38. The van der Waals surface area contributed by atoms with Crippen LogP contribution in [-0.2, 0) is 0 Å². The molecular formula is C9H15N3O3. The lowest BCUT2D eigenvalue weighted by Crippen LogP contribution is -2.31. The Bertz CT molecular complexity index is 310. The van der Waals surface area contributed by atoms with Gasteiger partial charge in [0.1, 0.15) is 0 Å². The van der Waals surface area contributed by atoms with E-state index in [9.17, 15) is 15.2 Å². The van der Waals surface area contributed by atoms with Gasteiger partial charge in [0.2, 0.25) is 6.04 Å². The number of aliphatic hydroxyl groups is 1. The van der Waals surface area contributed by atoms with Crippen molar-refractivity contribution in [3.63, 3.8) is 0 Å². The first-order valence-electron chi connectivity index (χ1n) is 4.71. The Kier molecular flexibility index (Phi) is 3.96. The van der Waals surface area contributed by atoms with Gasteiger partial charge in [-0.05, 0) is 18.6 Å². The van der Waals surface area contributed by atoms with Crippen LogP contribution in [0.15, 0.2) is 23.3 Å². The van der Waals surface area contributed by atoms with E-state index in [-0.39, 0.29) is 4.92 Å². The van der Waals surface area contributed by atoms with Crippen LogP contribution in [0.1, 0.15) is 13.3 Å². The van der Waals surface area contributed by atoms with E-state index < -0.39 is 12.1 Å². The average Bonchev–Trinajstić information content (AvgIpc) is 2.17. The van der Waals surface area contributed by atoms with E-state index in [1.165, 1.54) is 6.92 Å². The van der Waals surface area contributed by atoms with E-state index in [2.05, 4.69) is 5.43 Å². The molecule has 0 aromatic heterocycles. The van der Waals surface area contributed by atoms with Crippen LogP contribution < -0.4 is 11.3 Å². The molecule has 0 aliphatic heterocycles. The van der Waals surface area contributed by atoms with E-state index in [4.69, 9.17) is 5.84 Å². The lowest BCUT2D eigenvalue weighted by Gasteiger charge is -2.19. The summed E-state index contributed by atoms with van der Waals surface area (Å²) < 4.78 is 0. The molecule has 2 atom stereocenters. The molecule has 1 aliphatic carbocycles. The van der Waals surface area contributed by atoms with E-state index in [1.54, 1.807) is 12.2 Å². The number of nitrogens with one attached hydrogen (secondary N) is 1. The average molecular weight is 213 g/mol. The van der Waals surface area contributed by atoms with Gasteiger partial charge in [-0.25, -0.2) is 0 Å². The summed E-state index contributed by atoms with van der Waals surface area (Å²) in [6.07, 6.45) is 2.91. The van der Waals surface area contributed by atoms with Crippen molar-refractivity contribution in [1.29, 1.82) is 0 Å². The van der Waals surface area contributed by atoms with Crippen LogP contribution in [0.2, 0.25) is 0 Å². The van der Waals surface area contributed by atoms with Crippen molar-refractivity contribution in [1.82, 2.24) is 5.43 Å². The van der Waals surface area contributed by atoms with Gasteiger partial charge >= 0.3 is 0 Å². The maximum absolute atomic E-state index is 10.7. The van der Waals surface area contributed by atoms with Crippen molar-refractivity contribution >= 4 is 0 Å². The number of hydrogen-bond donors (Lipinski definition) is 3. The van der Waals surface area contributed by atoms with Gasteiger partial charge in [0.05, 0.1) is 6.10 Å². The van der Waals surface area contributed by atoms with Crippen LogP contribution in [0.4, 0.5) is 0 Å². The van der Waals surface area contributed by atoms with Crippen molar-refractivity contribution in [2.75, 3.05) is 6.54 Å². The maximum atomic E-state index is 10.7. The van der Waals surface area contributed by atoms with E-state index >= 15 is 0 Å². The third-order valence-electron chi connectivity index (χ3n) is 2.38. The van der Waals surface area contributed by atoms with E-state index in [1.807, 2.05) is 0 Å². The number of hydrogen-bond acceptors (Lipinski definition) is 5. The first kappa shape index (κ1) is 11.8. The Hall–Kier alpha value is -1.24. The predicted molar refractivity (Wildman–Crippen MR) is 55.4 cm³/mol. The van der Waals surface area contributed by atoms with Crippen LogP contribution in [-0.4, -0.2) is 28.7 Å². The molecule has 15 heavy (non-hydrogen) atoms. The molecule has 6 nitrogen and oxygen atoms in total. The van der Waals surface area contributed by atoms with Gasteiger partial charge < -0.3 is 5.11 Å². The molecule has 1 rings (SSSR count). The normalized spacial score (nSPS) is 23.0. The van der Waals surface area contributed by atoms with Crippen LogP contribution in [0.5, 0.6) is 0 Å². The topological polar surface area (TPSA) is 101 Å². The molecule has 0 saturated carbocycles. The fourth-order valence-electron chi connectivity index (χ4n) is 1.62. The van der Waals surface area contributed by atoms with Gasteiger partial charge in [0, 0.05) is 23.5 Å². The summed E-state index contributed by atoms with van der Waals surface area (Å²) >= 11 is 0. The number of rotatable bonds is 4. The summed E-state index contributed by atoms with van der Waals surface area (Å²) in [5.74, 6) is 5.16. The SMILES string of the molecule is CC(O)C1=CC(CNN)=CCC1[N+](=O)[O-]. The standard InChI is InChI=1S/C9H15N3O3/c1-6(13)8-4-7(5-11-10)2-3-9(8)12(14)15/h2,4,6,9,11,13H,3,5,10H2,1H3. The summed E-state index contributed by atoms with van der Waals surface area (Å²) in [6, 6.07) is -0.813. The fourth-order valence-corrected chi connectivity index (χ4v) is 1.62. The molecule has 84 valence electrons. The molecular weight excluding hydrogens is 198 g/mol. The van der Waals surface area contributed by atoms with Gasteiger partial charge in [-0.2, -0.15) is 0 Å². The lowest BCUT2D eigenvalue weighted by atomic mass is 9.92. The number of nitro groups is 1. The van der Waals surface area contributed by atoms with E-state index in [0.29, 0.717) is 18.5 Å². The molecule has 0 amide bonds. The van der Waals surface area contributed by atoms with Gasteiger partial charge in [0.15, 0.2) is 0 Å². The molecule has 0 bridgehead atoms. The highest BCUT2D eigenvalue weighted by molar-refractivity contribution is 5.33. The minimum absolute atomic E-state index is 0.306. The van der Waals surface area contributed by atoms with Crippen molar-refractivity contribution < 1.29 is 10.0 Å². The Morgan fingerprint density at radius 1 is 1.87 bits per heavy atom.